The summed E-state index contributed by atoms with van der Waals surface area (Å²) in [6.45, 7) is 11.4. The van der Waals surface area contributed by atoms with Crippen LogP contribution in [0, 0.1) is 0 Å². The van der Waals surface area contributed by atoms with Crippen LogP contribution >= 0.6 is 9.58 Å². The second kappa shape index (κ2) is 15.5. The number of allylic oxidation sites excluding steroid dienone is 1. The number of rotatable bonds is 7. The van der Waals surface area contributed by atoms with E-state index in [1.54, 1.807) is 6.20 Å². The highest BCUT2D eigenvalue weighted by Gasteiger charge is 2.29. The van der Waals surface area contributed by atoms with Gasteiger partial charge in [0.15, 0.2) is 0 Å². The van der Waals surface area contributed by atoms with Crippen molar-refractivity contribution in [2.45, 2.75) is 65.3 Å². The molecule has 234 valence electrons. The van der Waals surface area contributed by atoms with E-state index in [0.29, 0.717) is 18.0 Å². The SMILES string of the molecule is C=CN(C)CCO.C=S(=C)(NC(=O)c1ccc2c(C3CCCCC3)c3n(c2c1)CC(C)=Cc1ccccc1-3)N(C)C.CC. The molecule has 43 heavy (non-hydrogen) atoms. The van der Waals surface area contributed by atoms with Crippen molar-refractivity contribution in [3.63, 3.8) is 0 Å². The molecule has 0 spiro atoms. The fourth-order valence-electron chi connectivity index (χ4n) is 5.75. The van der Waals surface area contributed by atoms with Gasteiger partial charge in [-0.3, -0.25) is 13.8 Å². The summed E-state index contributed by atoms with van der Waals surface area (Å²) < 4.78 is 7.39. The number of aliphatic hydroxyl groups excluding tert-OH is 1. The van der Waals surface area contributed by atoms with Crippen molar-refractivity contribution < 1.29 is 9.90 Å². The largest absolute Gasteiger partial charge is 0.395 e. The van der Waals surface area contributed by atoms with Crippen LogP contribution in [0.5, 0.6) is 0 Å². The number of carbonyl (C=O) groups is 1. The van der Waals surface area contributed by atoms with Crippen LogP contribution in [0.15, 0.2) is 60.8 Å². The van der Waals surface area contributed by atoms with E-state index >= 15 is 0 Å². The highest BCUT2D eigenvalue weighted by molar-refractivity contribution is 8.24. The zero-order valence-corrected chi connectivity index (χ0v) is 28.0. The molecule has 1 fully saturated rings. The van der Waals surface area contributed by atoms with Gasteiger partial charge in [0.05, 0.1) is 12.3 Å². The Labute approximate surface area is 260 Å². The number of carbonyl (C=O) groups excluding carboxylic acids is 1. The molecule has 1 amide bonds. The topological polar surface area (TPSA) is 60.7 Å². The van der Waals surface area contributed by atoms with Gasteiger partial charge in [-0.05, 0) is 81.0 Å². The second-order valence-corrected chi connectivity index (χ2v) is 14.1. The van der Waals surface area contributed by atoms with Crippen molar-refractivity contribution >= 4 is 44.2 Å². The fraction of sp³-hybridized carbons (Fsp3) is 0.417. The molecule has 2 heterocycles. The number of aromatic nitrogens is 1. The molecule has 2 aliphatic rings. The number of fused-ring (bicyclic) bond motifs is 5. The summed E-state index contributed by atoms with van der Waals surface area (Å²) in [7, 11) is 3.79. The minimum absolute atomic E-state index is 0.119. The maximum atomic E-state index is 13.2. The van der Waals surface area contributed by atoms with E-state index in [-0.39, 0.29) is 12.5 Å². The molecular weight excluding hydrogens is 552 g/mol. The standard InChI is InChI=1S/C29H35N3OS.C5H11NO.C2H6/c1-20-17-22-13-9-10-14-24(22)28-27(21-11-7-6-8-12-21)25-16-15-23(18-26(25)32(28)19-20)29(33)30-34(4,5)31(2)3;1-3-6(2)4-5-7;1-2/h9-10,13-18,21H,4-8,11-12,19H2,1-3H3,(H,30,33);3,7H,1,4-5H2,2H3;1-2H3. The van der Waals surface area contributed by atoms with Crippen LogP contribution in [0.2, 0.25) is 0 Å². The average Bonchev–Trinajstić information content (AvgIpc) is 3.23. The summed E-state index contributed by atoms with van der Waals surface area (Å²) in [6.07, 6.45) is 10.4. The van der Waals surface area contributed by atoms with Crippen LogP contribution in [-0.4, -0.2) is 70.8 Å². The molecule has 0 bridgehead atoms. The predicted molar refractivity (Wildman–Crippen MR) is 191 cm³/mol. The van der Waals surface area contributed by atoms with Crippen LogP contribution in [0.4, 0.5) is 0 Å². The average molecular weight is 605 g/mol. The maximum absolute atomic E-state index is 13.2. The first-order valence-corrected chi connectivity index (χ1v) is 17.4. The number of benzene rings is 2. The lowest BCUT2D eigenvalue weighted by Crippen LogP contribution is -2.26. The number of amides is 1. The van der Waals surface area contributed by atoms with E-state index in [2.05, 4.69) is 77.0 Å². The summed E-state index contributed by atoms with van der Waals surface area (Å²) in [4.78, 5) is 15.0. The number of nitrogens with one attached hydrogen (secondary N) is 1. The Morgan fingerprint density at radius 3 is 2.37 bits per heavy atom. The van der Waals surface area contributed by atoms with Gasteiger partial charge in [0.25, 0.3) is 5.91 Å². The Hall–Kier alpha value is -3.26. The van der Waals surface area contributed by atoms with Gasteiger partial charge in [-0.25, -0.2) is 0 Å². The summed E-state index contributed by atoms with van der Waals surface area (Å²) in [5.74, 6) is 8.71. The molecule has 0 radical (unpaired) electrons. The van der Waals surface area contributed by atoms with Gasteiger partial charge in [-0.15, -0.1) is 0 Å². The minimum atomic E-state index is -1.86. The lowest BCUT2D eigenvalue weighted by atomic mass is 9.81. The van der Waals surface area contributed by atoms with Crippen molar-refractivity contribution in [2.24, 2.45) is 0 Å². The molecule has 2 aromatic carbocycles. The van der Waals surface area contributed by atoms with Gasteiger partial charge in [-0.2, -0.15) is 0 Å². The zero-order chi connectivity index (χ0) is 31.7. The summed E-state index contributed by atoms with van der Waals surface area (Å²) >= 11 is 0. The molecule has 0 unspecified atom stereocenters. The van der Waals surface area contributed by atoms with E-state index in [1.165, 1.54) is 65.4 Å². The van der Waals surface area contributed by atoms with Crippen molar-refractivity contribution in [3.05, 3.63) is 77.5 Å². The van der Waals surface area contributed by atoms with Gasteiger partial charge in [0.1, 0.15) is 0 Å². The Bertz CT molecular complexity index is 1540. The lowest BCUT2D eigenvalue weighted by molar-refractivity contribution is 0.0983. The van der Waals surface area contributed by atoms with Crippen LogP contribution in [-0.2, 0) is 6.54 Å². The lowest BCUT2D eigenvalue weighted by Gasteiger charge is -2.24. The zero-order valence-electron chi connectivity index (χ0n) is 27.2. The Balaban J connectivity index is 0.000000496. The van der Waals surface area contributed by atoms with Crippen molar-refractivity contribution in [1.82, 2.24) is 18.5 Å². The van der Waals surface area contributed by atoms with Gasteiger partial charge in [0, 0.05) is 42.2 Å². The number of hydrogen-bond donors (Lipinski definition) is 2. The van der Waals surface area contributed by atoms with Crippen LogP contribution < -0.4 is 4.72 Å². The molecule has 1 aromatic heterocycles. The molecule has 0 saturated heterocycles. The van der Waals surface area contributed by atoms with E-state index in [0.717, 1.165) is 12.1 Å². The third-order valence-electron chi connectivity index (χ3n) is 8.15. The summed E-state index contributed by atoms with van der Waals surface area (Å²) in [6, 6.07) is 15.0. The number of nitrogens with zero attached hydrogens (tertiary/aromatic N) is 3. The van der Waals surface area contributed by atoms with Crippen LogP contribution in [0.3, 0.4) is 0 Å². The normalized spacial score (nSPS) is 14.7. The molecule has 0 atom stereocenters. The fourth-order valence-corrected chi connectivity index (χ4v) is 6.39. The van der Waals surface area contributed by atoms with Crippen molar-refractivity contribution in [1.29, 1.82) is 0 Å². The summed E-state index contributed by atoms with van der Waals surface area (Å²) in [5, 5.41) is 9.57. The van der Waals surface area contributed by atoms with Gasteiger partial charge >= 0.3 is 0 Å². The van der Waals surface area contributed by atoms with E-state index in [4.69, 9.17) is 5.11 Å². The molecule has 1 aliphatic carbocycles. The first kappa shape index (κ1) is 34.2. The molecular formula is C36H52N4O2S. The van der Waals surface area contributed by atoms with Crippen molar-refractivity contribution in [3.8, 4) is 11.3 Å². The molecule has 2 N–H and O–H groups in total. The van der Waals surface area contributed by atoms with Crippen molar-refractivity contribution in [2.75, 3.05) is 34.3 Å². The Morgan fingerprint density at radius 2 is 1.77 bits per heavy atom. The van der Waals surface area contributed by atoms with Gasteiger partial charge in [-0.1, -0.05) is 91.2 Å². The second-order valence-electron chi connectivity index (χ2n) is 11.5. The summed E-state index contributed by atoms with van der Waals surface area (Å²) in [5.41, 5.74) is 8.52. The molecule has 7 heteroatoms. The third-order valence-corrected chi connectivity index (χ3v) is 10.1. The number of hydrogen-bond acceptors (Lipinski definition) is 4. The van der Waals surface area contributed by atoms with E-state index in [1.807, 2.05) is 50.3 Å². The van der Waals surface area contributed by atoms with E-state index in [9.17, 15) is 4.79 Å². The number of likely N-dealkylation sites (N-methyl/N-ethyl adjacent to an activating group) is 1. The molecule has 5 rings (SSSR count). The maximum Gasteiger partial charge on any atom is 0.261 e. The minimum Gasteiger partial charge on any atom is -0.395 e. The van der Waals surface area contributed by atoms with Crippen LogP contribution in [0.25, 0.3) is 28.2 Å². The van der Waals surface area contributed by atoms with E-state index < -0.39 is 9.58 Å². The molecule has 6 nitrogen and oxygen atoms in total. The van der Waals surface area contributed by atoms with Crippen LogP contribution in [0.1, 0.15) is 80.3 Å². The highest BCUT2D eigenvalue weighted by atomic mass is 32.2. The predicted octanol–water partition coefficient (Wildman–Crippen LogP) is 7.64. The monoisotopic (exact) mass is 604 g/mol. The molecule has 3 aromatic rings. The first-order valence-electron chi connectivity index (χ1n) is 15.4. The Kier molecular flexibility index (Phi) is 12.3. The highest BCUT2D eigenvalue weighted by Crippen LogP contribution is 2.46. The third kappa shape index (κ3) is 8.02. The Morgan fingerprint density at radius 1 is 1.09 bits per heavy atom. The van der Waals surface area contributed by atoms with Gasteiger partial charge in [0.2, 0.25) is 0 Å². The smallest absolute Gasteiger partial charge is 0.261 e. The first-order chi connectivity index (χ1) is 20.6. The quantitative estimate of drug-likeness (QED) is 0.272. The molecule has 1 saturated carbocycles. The number of aliphatic hydroxyl groups is 1. The molecule has 1 aliphatic heterocycles. The van der Waals surface area contributed by atoms with Gasteiger partial charge < -0.3 is 14.6 Å².